The first-order valence-corrected chi connectivity index (χ1v) is 24.7. The van der Waals surface area contributed by atoms with Crippen LogP contribution >= 0.6 is 0 Å². The molecule has 12 aromatic carbocycles. The first-order valence-electron chi connectivity index (χ1n) is 24.7. The normalized spacial score (nSPS) is 11.3. The Morgan fingerprint density at radius 2 is 0.667 bits per heavy atom. The SMILES string of the molecule is c1ccc(-c2cccc(-c3ccc(N(c4ccc(-c5cc(-c6ccccc6)cc(-c6ccccc6)c5)cc4)c4cccc(-c5cc6ccccc6c6c5c5ccccc5n6-c5ccccc5)c4)cc3)c2)cc1. The highest BCUT2D eigenvalue weighted by atomic mass is 15.1. The number of aromatic nitrogens is 1. The largest absolute Gasteiger partial charge is 0.310 e. The maximum Gasteiger partial charge on any atom is 0.0625 e. The number of benzene rings is 12. The average Bonchev–Trinajstić information content (AvgIpc) is 3.82. The van der Waals surface area contributed by atoms with Crippen molar-refractivity contribution in [1.29, 1.82) is 0 Å². The highest BCUT2D eigenvalue weighted by Crippen LogP contribution is 2.45. The van der Waals surface area contributed by atoms with E-state index in [1.807, 2.05) is 0 Å². The molecule has 2 nitrogen and oxygen atoms in total. The summed E-state index contributed by atoms with van der Waals surface area (Å²) in [6.45, 7) is 0. The van der Waals surface area contributed by atoms with Crippen molar-refractivity contribution >= 4 is 49.6 Å². The molecule has 0 radical (unpaired) electrons. The first kappa shape index (κ1) is 42.6. The molecule has 0 unspecified atom stereocenters. The Balaban J connectivity index is 0.962. The van der Waals surface area contributed by atoms with Crippen LogP contribution in [0.4, 0.5) is 17.1 Å². The summed E-state index contributed by atoms with van der Waals surface area (Å²) in [6, 6.07) is 106. The van der Waals surface area contributed by atoms with Crippen LogP contribution in [-0.2, 0) is 0 Å². The van der Waals surface area contributed by atoms with Gasteiger partial charge in [0.05, 0.1) is 11.0 Å². The van der Waals surface area contributed by atoms with E-state index < -0.39 is 0 Å². The predicted molar refractivity (Wildman–Crippen MR) is 306 cm³/mol. The average molecular weight is 917 g/mol. The smallest absolute Gasteiger partial charge is 0.0625 e. The number of nitrogens with zero attached hydrogens (tertiary/aromatic N) is 2. The minimum Gasteiger partial charge on any atom is -0.310 e. The summed E-state index contributed by atoms with van der Waals surface area (Å²) in [6.07, 6.45) is 0. The maximum atomic E-state index is 2.45. The molecule has 0 saturated heterocycles. The topological polar surface area (TPSA) is 8.17 Å². The molecular formula is C70H48N2. The van der Waals surface area contributed by atoms with E-state index in [2.05, 4.69) is 301 Å². The maximum absolute atomic E-state index is 2.45. The number of fused-ring (bicyclic) bond motifs is 5. The van der Waals surface area contributed by atoms with E-state index in [0.717, 1.165) is 33.9 Å². The van der Waals surface area contributed by atoms with Crippen molar-refractivity contribution < 1.29 is 0 Å². The number of hydrogen-bond acceptors (Lipinski definition) is 1. The Hall–Kier alpha value is -9.50. The molecule has 0 aliphatic rings. The van der Waals surface area contributed by atoms with Gasteiger partial charge in [-0.25, -0.2) is 0 Å². The van der Waals surface area contributed by atoms with Crippen molar-refractivity contribution in [3.05, 3.63) is 291 Å². The second-order valence-electron chi connectivity index (χ2n) is 18.5. The molecule has 0 spiro atoms. The molecule has 0 atom stereocenters. The summed E-state index contributed by atoms with van der Waals surface area (Å²) in [4.78, 5) is 2.40. The summed E-state index contributed by atoms with van der Waals surface area (Å²) in [5.74, 6) is 0. The van der Waals surface area contributed by atoms with Gasteiger partial charge in [-0.05, 0) is 157 Å². The van der Waals surface area contributed by atoms with Crippen LogP contribution in [0.5, 0.6) is 0 Å². The van der Waals surface area contributed by atoms with Crippen LogP contribution in [0, 0.1) is 0 Å². The minimum atomic E-state index is 1.07. The third-order valence-electron chi connectivity index (χ3n) is 14.1. The molecule has 13 aromatic rings. The van der Waals surface area contributed by atoms with Crippen LogP contribution in [0.15, 0.2) is 291 Å². The fourth-order valence-electron chi connectivity index (χ4n) is 10.7. The van der Waals surface area contributed by atoms with Crippen molar-refractivity contribution in [3.8, 4) is 72.4 Å². The van der Waals surface area contributed by atoms with Crippen molar-refractivity contribution in [3.63, 3.8) is 0 Å². The Kier molecular flexibility index (Phi) is 10.9. The van der Waals surface area contributed by atoms with Gasteiger partial charge in [0.25, 0.3) is 0 Å². The van der Waals surface area contributed by atoms with Gasteiger partial charge in [-0.15, -0.1) is 0 Å². The molecule has 0 bridgehead atoms. The summed E-state index contributed by atoms with van der Waals surface area (Å²) < 4.78 is 2.45. The second kappa shape index (κ2) is 18.4. The Bertz CT molecular complexity index is 3990. The van der Waals surface area contributed by atoms with E-state index in [1.165, 1.54) is 88.2 Å². The van der Waals surface area contributed by atoms with Gasteiger partial charge >= 0.3 is 0 Å². The molecule has 0 fully saturated rings. The van der Waals surface area contributed by atoms with E-state index in [0.29, 0.717) is 0 Å². The van der Waals surface area contributed by atoms with E-state index in [4.69, 9.17) is 0 Å². The summed E-state index contributed by atoms with van der Waals surface area (Å²) in [5, 5.41) is 4.91. The zero-order chi connectivity index (χ0) is 47.8. The van der Waals surface area contributed by atoms with Crippen molar-refractivity contribution in [2.75, 3.05) is 4.90 Å². The van der Waals surface area contributed by atoms with Gasteiger partial charge in [-0.2, -0.15) is 0 Å². The lowest BCUT2D eigenvalue weighted by molar-refractivity contribution is 1.19. The van der Waals surface area contributed by atoms with Gasteiger partial charge in [-0.1, -0.05) is 206 Å². The third-order valence-corrected chi connectivity index (χ3v) is 14.1. The van der Waals surface area contributed by atoms with Gasteiger partial charge in [0.1, 0.15) is 0 Å². The van der Waals surface area contributed by atoms with Crippen molar-refractivity contribution in [1.82, 2.24) is 4.57 Å². The van der Waals surface area contributed by atoms with Crippen LogP contribution in [0.3, 0.4) is 0 Å². The van der Waals surface area contributed by atoms with Gasteiger partial charge in [0, 0.05) is 38.9 Å². The molecular weight excluding hydrogens is 869 g/mol. The molecule has 1 aromatic heterocycles. The van der Waals surface area contributed by atoms with Crippen LogP contribution in [-0.4, -0.2) is 4.57 Å². The molecule has 1 heterocycles. The van der Waals surface area contributed by atoms with Crippen LogP contribution in [0.1, 0.15) is 0 Å². The molecule has 2 heteroatoms. The van der Waals surface area contributed by atoms with Crippen molar-refractivity contribution in [2.24, 2.45) is 0 Å². The Morgan fingerprint density at radius 3 is 1.25 bits per heavy atom. The summed E-state index contributed by atoms with van der Waals surface area (Å²) in [7, 11) is 0. The van der Waals surface area contributed by atoms with Gasteiger partial charge in [-0.3, -0.25) is 0 Å². The summed E-state index contributed by atoms with van der Waals surface area (Å²) >= 11 is 0. The molecule has 0 saturated carbocycles. The first-order chi connectivity index (χ1) is 35.7. The van der Waals surface area contributed by atoms with E-state index >= 15 is 0 Å². The molecule has 72 heavy (non-hydrogen) atoms. The van der Waals surface area contributed by atoms with E-state index in [9.17, 15) is 0 Å². The molecule has 0 N–H and O–H groups in total. The number of para-hydroxylation sites is 2. The van der Waals surface area contributed by atoms with E-state index in [-0.39, 0.29) is 0 Å². The zero-order valence-electron chi connectivity index (χ0n) is 39.6. The number of rotatable bonds is 10. The lowest BCUT2D eigenvalue weighted by Crippen LogP contribution is -2.10. The van der Waals surface area contributed by atoms with Gasteiger partial charge in [0.2, 0.25) is 0 Å². The second-order valence-corrected chi connectivity index (χ2v) is 18.5. The lowest BCUT2D eigenvalue weighted by Gasteiger charge is -2.26. The Morgan fingerprint density at radius 1 is 0.250 bits per heavy atom. The predicted octanol–water partition coefficient (Wildman–Crippen LogP) is 19.4. The van der Waals surface area contributed by atoms with Gasteiger partial charge < -0.3 is 9.47 Å². The fraction of sp³-hybridized carbons (Fsp3) is 0. The van der Waals surface area contributed by atoms with Crippen molar-refractivity contribution in [2.45, 2.75) is 0 Å². The monoisotopic (exact) mass is 916 g/mol. The quantitative estimate of drug-likeness (QED) is 0.133. The Labute approximate surface area is 420 Å². The van der Waals surface area contributed by atoms with Gasteiger partial charge in [0.15, 0.2) is 0 Å². The molecule has 13 rings (SSSR count). The standard InChI is InChI=1S/C70H48N2/c1-5-19-49(20-6-1)54-26-17-27-55(43-54)52-35-39-62(40-36-52)71(63-41-37-53(38-42-63)60-45-58(50-21-7-2-8-22-50)44-59(46-60)51-23-9-3-10-24-51)64-31-18-28-56(47-64)67-48-57-25-13-14-32-65(57)70-69(67)66-33-15-16-34-68(66)72(70)61-29-11-4-12-30-61/h1-48H. The number of anilines is 3. The van der Waals surface area contributed by atoms with Crippen LogP contribution in [0.25, 0.3) is 105 Å². The highest BCUT2D eigenvalue weighted by molar-refractivity contribution is 6.24. The van der Waals surface area contributed by atoms with Crippen LogP contribution in [0.2, 0.25) is 0 Å². The molecule has 0 amide bonds. The molecule has 0 aliphatic carbocycles. The fourth-order valence-corrected chi connectivity index (χ4v) is 10.7. The summed E-state index contributed by atoms with van der Waals surface area (Å²) in [5.41, 5.74) is 21.0. The zero-order valence-corrected chi connectivity index (χ0v) is 39.6. The minimum absolute atomic E-state index is 1.07. The molecule has 338 valence electrons. The highest BCUT2D eigenvalue weighted by Gasteiger charge is 2.21. The van der Waals surface area contributed by atoms with E-state index in [1.54, 1.807) is 0 Å². The lowest BCUT2D eigenvalue weighted by atomic mass is 9.93. The third kappa shape index (κ3) is 7.92. The van der Waals surface area contributed by atoms with Crippen LogP contribution < -0.4 is 4.90 Å². The number of hydrogen-bond donors (Lipinski definition) is 0. The molecule has 0 aliphatic heterocycles.